The Morgan fingerprint density at radius 3 is 2.81 bits per heavy atom. The van der Waals surface area contributed by atoms with Gasteiger partial charge in [-0.2, -0.15) is 0 Å². The van der Waals surface area contributed by atoms with Crippen molar-refractivity contribution in [2.45, 2.75) is 6.04 Å². The summed E-state index contributed by atoms with van der Waals surface area (Å²) in [6.07, 6.45) is 0. The minimum Gasteiger partial charge on any atom is -0.496 e. The molecule has 1 aromatic heterocycles. The first-order valence-electron chi connectivity index (χ1n) is 5.95. The zero-order valence-corrected chi connectivity index (χ0v) is 11.9. The third kappa shape index (κ3) is 3.36. The molecule has 3 N–H and O–H groups in total. The van der Waals surface area contributed by atoms with E-state index in [0.29, 0.717) is 10.6 Å². The van der Waals surface area contributed by atoms with Crippen LogP contribution in [-0.2, 0) is 4.79 Å². The van der Waals surface area contributed by atoms with E-state index in [-0.39, 0.29) is 11.4 Å². The number of nitrogens with one attached hydrogen (secondary N) is 1. The van der Waals surface area contributed by atoms with Crippen molar-refractivity contribution in [2.75, 3.05) is 12.4 Å². The van der Waals surface area contributed by atoms with Gasteiger partial charge in [0.05, 0.1) is 18.1 Å². The molecule has 8 heteroatoms. The van der Waals surface area contributed by atoms with Gasteiger partial charge in [-0.05, 0) is 23.6 Å². The highest BCUT2D eigenvalue weighted by Gasteiger charge is 2.21. The van der Waals surface area contributed by atoms with Crippen LogP contribution < -0.4 is 15.8 Å². The minimum absolute atomic E-state index is 0.0813. The van der Waals surface area contributed by atoms with E-state index >= 15 is 0 Å². The Hall–Kier alpha value is -2.45. The number of nitro groups is 1. The van der Waals surface area contributed by atoms with Crippen molar-refractivity contribution in [3.8, 4) is 5.75 Å². The van der Waals surface area contributed by atoms with Crippen LogP contribution in [0.4, 0.5) is 11.4 Å². The van der Waals surface area contributed by atoms with Gasteiger partial charge in [0.15, 0.2) is 0 Å². The number of carbonyl (C=O) groups excluding carboxylic acids is 1. The van der Waals surface area contributed by atoms with Crippen LogP contribution in [0.3, 0.4) is 0 Å². The molecule has 7 nitrogen and oxygen atoms in total. The lowest BCUT2D eigenvalue weighted by atomic mass is 10.2. The van der Waals surface area contributed by atoms with Crippen molar-refractivity contribution < 1.29 is 14.5 Å². The number of rotatable bonds is 5. The van der Waals surface area contributed by atoms with Crippen LogP contribution in [-0.4, -0.2) is 17.9 Å². The first kappa shape index (κ1) is 14.9. The summed E-state index contributed by atoms with van der Waals surface area (Å²) in [7, 11) is 1.41. The lowest BCUT2D eigenvalue weighted by Crippen LogP contribution is -2.27. The number of nitrogens with two attached hydrogens (primary N) is 1. The predicted octanol–water partition coefficient (Wildman–Crippen LogP) is 2.30. The van der Waals surface area contributed by atoms with Gasteiger partial charge in [0.25, 0.3) is 5.69 Å². The van der Waals surface area contributed by atoms with Crippen LogP contribution in [0.2, 0.25) is 0 Å². The Kier molecular flexibility index (Phi) is 4.51. The van der Waals surface area contributed by atoms with Crippen LogP contribution in [0.15, 0.2) is 35.7 Å². The summed E-state index contributed by atoms with van der Waals surface area (Å²) >= 11 is 1.35. The fourth-order valence-corrected chi connectivity index (χ4v) is 2.43. The Bertz CT molecular complexity index is 657. The molecule has 0 aliphatic rings. The number of nitrogens with zero attached hydrogens (tertiary/aromatic N) is 1. The molecule has 0 bridgehead atoms. The minimum atomic E-state index is -0.869. The van der Waals surface area contributed by atoms with Gasteiger partial charge < -0.3 is 15.8 Å². The number of hydrogen-bond donors (Lipinski definition) is 2. The van der Waals surface area contributed by atoms with E-state index in [1.807, 2.05) is 0 Å². The Balaban J connectivity index is 2.23. The number of carbonyl (C=O) groups is 1. The van der Waals surface area contributed by atoms with Gasteiger partial charge in [-0.1, -0.05) is 6.07 Å². The number of anilines is 1. The second-order valence-electron chi connectivity index (χ2n) is 4.12. The number of methoxy groups -OCH3 is 1. The average molecular weight is 307 g/mol. The summed E-state index contributed by atoms with van der Waals surface area (Å²) in [4.78, 5) is 23.2. The molecule has 0 saturated heterocycles. The monoisotopic (exact) mass is 307 g/mol. The Labute approximate surface area is 124 Å². The zero-order chi connectivity index (χ0) is 15.4. The average Bonchev–Trinajstić information content (AvgIpc) is 3.00. The van der Waals surface area contributed by atoms with Crippen LogP contribution in [0.25, 0.3) is 0 Å². The lowest BCUT2D eigenvalue weighted by Gasteiger charge is -2.11. The summed E-state index contributed by atoms with van der Waals surface area (Å²) in [5.41, 5.74) is 5.65. The number of thiophene rings is 1. The first-order valence-corrected chi connectivity index (χ1v) is 6.83. The maximum atomic E-state index is 12.1. The highest BCUT2D eigenvalue weighted by Crippen LogP contribution is 2.29. The second-order valence-corrected chi connectivity index (χ2v) is 5.10. The van der Waals surface area contributed by atoms with Crippen molar-refractivity contribution in [1.29, 1.82) is 0 Å². The number of nitro benzene ring substituents is 1. The second kappa shape index (κ2) is 6.33. The van der Waals surface area contributed by atoms with E-state index in [0.717, 1.165) is 0 Å². The van der Waals surface area contributed by atoms with Crippen LogP contribution in [0.5, 0.6) is 5.75 Å². The van der Waals surface area contributed by atoms with Gasteiger partial charge in [-0.25, -0.2) is 0 Å². The molecular formula is C13H13N3O4S. The van der Waals surface area contributed by atoms with Crippen molar-refractivity contribution >= 4 is 28.6 Å². The van der Waals surface area contributed by atoms with Crippen molar-refractivity contribution in [1.82, 2.24) is 0 Å². The standard InChI is InChI=1S/C13H13N3O4S/c1-20-8-4-5-9(10(7-8)16(18)19)15-13(17)12(14)11-3-2-6-21-11/h2-7,12H,14H2,1H3,(H,15,17). The maximum absolute atomic E-state index is 12.1. The van der Waals surface area contributed by atoms with Gasteiger partial charge in [-0.15, -0.1) is 11.3 Å². The number of hydrogen-bond acceptors (Lipinski definition) is 6. The van der Waals surface area contributed by atoms with Crippen molar-refractivity contribution in [3.63, 3.8) is 0 Å². The smallest absolute Gasteiger partial charge is 0.296 e. The normalized spacial score (nSPS) is 11.7. The Morgan fingerprint density at radius 2 is 2.24 bits per heavy atom. The number of amides is 1. The molecule has 0 saturated carbocycles. The van der Waals surface area contributed by atoms with Crippen molar-refractivity contribution in [2.24, 2.45) is 5.73 Å². The molecule has 1 unspecified atom stereocenters. The van der Waals surface area contributed by atoms with E-state index in [9.17, 15) is 14.9 Å². The molecule has 0 fully saturated rings. The van der Waals surface area contributed by atoms with Gasteiger partial charge in [0.2, 0.25) is 5.91 Å². The summed E-state index contributed by atoms with van der Waals surface area (Å²) in [6, 6.07) is 6.83. The molecule has 1 aromatic carbocycles. The molecule has 1 atom stereocenters. The quantitative estimate of drug-likeness (QED) is 0.651. The van der Waals surface area contributed by atoms with E-state index < -0.39 is 16.9 Å². The molecule has 110 valence electrons. The number of benzene rings is 1. The first-order chi connectivity index (χ1) is 10.0. The van der Waals surface area contributed by atoms with E-state index in [1.165, 1.54) is 36.6 Å². The van der Waals surface area contributed by atoms with Crippen LogP contribution >= 0.6 is 11.3 Å². The third-order valence-corrected chi connectivity index (χ3v) is 3.75. The molecule has 2 rings (SSSR count). The fourth-order valence-electron chi connectivity index (χ4n) is 1.70. The van der Waals surface area contributed by atoms with Crippen LogP contribution in [0.1, 0.15) is 10.9 Å². The number of ether oxygens (including phenoxy) is 1. The Morgan fingerprint density at radius 1 is 1.48 bits per heavy atom. The van der Waals surface area contributed by atoms with Crippen molar-refractivity contribution in [3.05, 3.63) is 50.7 Å². The van der Waals surface area contributed by atoms with E-state index in [1.54, 1.807) is 17.5 Å². The highest BCUT2D eigenvalue weighted by atomic mass is 32.1. The SMILES string of the molecule is COc1ccc(NC(=O)C(N)c2cccs2)c([N+](=O)[O-])c1. The summed E-state index contributed by atoms with van der Waals surface area (Å²) in [5, 5.41) is 15.3. The topological polar surface area (TPSA) is 107 Å². The largest absolute Gasteiger partial charge is 0.496 e. The molecule has 0 spiro atoms. The molecule has 1 amide bonds. The summed E-state index contributed by atoms with van der Waals surface area (Å²) in [6.45, 7) is 0. The lowest BCUT2D eigenvalue weighted by molar-refractivity contribution is -0.384. The molecule has 0 aliphatic carbocycles. The maximum Gasteiger partial charge on any atom is 0.296 e. The van der Waals surface area contributed by atoms with E-state index in [2.05, 4.69) is 5.32 Å². The highest BCUT2D eigenvalue weighted by molar-refractivity contribution is 7.10. The fraction of sp³-hybridized carbons (Fsp3) is 0.154. The summed E-state index contributed by atoms with van der Waals surface area (Å²) < 4.78 is 4.93. The van der Waals surface area contributed by atoms with Gasteiger partial charge in [0.1, 0.15) is 17.5 Å². The summed E-state index contributed by atoms with van der Waals surface area (Å²) in [5.74, 6) is -0.173. The molecule has 0 aliphatic heterocycles. The molecular weight excluding hydrogens is 294 g/mol. The van der Waals surface area contributed by atoms with Gasteiger partial charge in [-0.3, -0.25) is 14.9 Å². The molecule has 1 heterocycles. The van der Waals surface area contributed by atoms with Crippen LogP contribution in [0, 0.1) is 10.1 Å². The van der Waals surface area contributed by atoms with Gasteiger partial charge >= 0.3 is 0 Å². The van der Waals surface area contributed by atoms with Gasteiger partial charge in [0, 0.05) is 4.88 Å². The molecule has 2 aromatic rings. The predicted molar refractivity (Wildman–Crippen MR) is 79.5 cm³/mol. The third-order valence-electron chi connectivity index (χ3n) is 2.79. The molecule has 0 radical (unpaired) electrons. The zero-order valence-electron chi connectivity index (χ0n) is 11.1. The molecule has 21 heavy (non-hydrogen) atoms. The van der Waals surface area contributed by atoms with E-state index in [4.69, 9.17) is 10.5 Å².